The molecule has 0 unspecified atom stereocenters. The van der Waals surface area contributed by atoms with Gasteiger partial charge in [-0.3, -0.25) is 9.69 Å². The molecule has 1 aliphatic rings. The fourth-order valence-electron chi connectivity index (χ4n) is 2.90. The maximum Gasteiger partial charge on any atom is 0.193 e. The van der Waals surface area contributed by atoms with Gasteiger partial charge in [-0.2, -0.15) is 0 Å². The molecule has 3 rings (SSSR count). The third-order valence-electron chi connectivity index (χ3n) is 3.98. The van der Waals surface area contributed by atoms with Gasteiger partial charge in [0.25, 0.3) is 0 Å². The zero-order valence-corrected chi connectivity index (χ0v) is 12.2. The van der Waals surface area contributed by atoms with Crippen molar-refractivity contribution in [2.45, 2.75) is 19.4 Å². The second kappa shape index (κ2) is 6.36. The normalized spacial score (nSPS) is 15.2. The lowest BCUT2D eigenvalue weighted by Crippen LogP contribution is -2.20. The number of rotatable bonds is 4. The summed E-state index contributed by atoms with van der Waals surface area (Å²) in [6.07, 6.45) is 2.34. The van der Waals surface area contributed by atoms with E-state index in [1.807, 2.05) is 12.1 Å². The molecule has 0 radical (unpaired) electrons. The molecule has 22 heavy (non-hydrogen) atoms. The van der Waals surface area contributed by atoms with Crippen LogP contribution in [0, 0.1) is 11.6 Å². The number of ketones is 1. The molecule has 0 N–H and O–H groups in total. The van der Waals surface area contributed by atoms with E-state index in [9.17, 15) is 13.6 Å². The summed E-state index contributed by atoms with van der Waals surface area (Å²) in [6.45, 7) is 2.74. The minimum absolute atomic E-state index is 0.0476. The molecule has 4 heteroatoms. The number of hydrogen-bond donors (Lipinski definition) is 0. The van der Waals surface area contributed by atoms with Crippen LogP contribution in [0.15, 0.2) is 42.5 Å². The van der Waals surface area contributed by atoms with Crippen LogP contribution in [0.25, 0.3) is 0 Å². The van der Waals surface area contributed by atoms with Crippen LogP contribution in [0.1, 0.15) is 34.3 Å². The van der Waals surface area contributed by atoms with Crippen LogP contribution in [0.4, 0.5) is 8.78 Å². The average molecular weight is 301 g/mol. The SMILES string of the molecule is O=C(c1cc(F)cc(F)c1)c1ccccc1CN1CCCC1. The molecule has 0 spiro atoms. The topological polar surface area (TPSA) is 20.3 Å². The highest BCUT2D eigenvalue weighted by Gasteiger charge is 2.18. The summed E-state index contributed by atoms with van der Waals surface area (Å²) in [6, 6.07) is 10.2. The maximum absolute atomic E-state index is 13.3. The summed E-state index contributed by atoms with van der Waals surface area (Å²) in [5.74, 6) is -1.81. The van der Waals surface area contributed by atoms with E-state index in [1.165, 1.54) is 12.8 Å². The first-order valence-corrected chi connectivity index (χ1v) is 7.44. The molecule has 114 valence electrons. The number of nitrogens with zero attached hydrogens (tertiary/aromatic N) is 1. The van der Waals surface area contributed by atoms with Gasteiger partial charge in [0.1, 0.15) is 11.6 Å². The van der Waals surface area contributed by atoms with E-state index in [2.05, 4.69) is 4.90 Å². The van der Waals surface area contributed by atoms with Gasteiger partial charge in [-0.05, 0) is 43.6 Å². The number of halogens is 2. The highest BCUT2D eigenvalue weighted by Crippen LogP contribution is 2.20. The molecule has 0 bridgehead atoms. The Hall–Kier alpha value is -2.07. The molecule has 1 saturated heterocycles. The Bertz CT molecular complexity index is 673. The van der Waals surface area contributed by atoms with E-state index >= 15 is 0 Å². The molecule has 0 aromatic heterocycles. The first kappa shape index (κ1) is 14.9. The molecule has 1 aliphatic heterocycles. The molecule has 2 aromatic rings. The largest absolute Gasteiger partial charge is 0.299 e. The van der Waals surface area contributed by atoms with Gasteiger partial charge in [0.2, 0.25) is 0 Å². The van der Waals surface area contributed by atoms with E-state index in [0.29, 0.717) is 12.1 Å². The summed E-state index contributed by atoms with van der Waals surface area (Å²) < 4.78 is 26.7. The maximum atomic E-state index is 13.3. The summed E-state index contributed by atoms with van der Waals surface area (Å²) in [4.78, 5) is 14.9. The highest BCUT2D eigenvalue weighted by atomic mass is 19.1. The Morgan fingerprint density at radius 3 is 2.32 bits per heavy atom. The number of carbonyl (C=O) groups is 1. The van der Waals surface area contributed by atoms with Gasteiger partial charge in [0.15, 0.2) is 5.78 Å². The van der Waals surface area contributed by atoms with Gasteiger partial charge >= 0.3 is 0 Å². The predicted octanol–water partition coefficient (Wildman–Crippen LogP) is 3.79. The fraction of sp³-hybridized carbons (Fsp3) is 0.278. The van der Waals surface area contributed by atoms with Gasteiger partial charge in [0.05, 0.1) is 0 Å². The predicted molar refractivity (Wildman–Crippen MR) is 80.7 cm³/mol. The van der Waals surface area contributed by atoms with Crippen molar-refractivity contribution in [3.05, 3.63) is 70.8 Å². The van der Waals surface area contributed by atoms with Crippen LogP contribution in [0.3, 0.4) is 0 Å². The second-order valence-corrected chi connectivity index (χ2v) is 5.63. The first-order chi connectivity index (χ1) is 10.6. The minimum atomic E-state index is -0.736. The third kappa shape index (κ3) is 3.22. The van der Waals surface area contributed by atoms with Crippen LogP contribution in [0.5, 0.6) is 0 Å². The van der Waals surface area contributed by atoms with Gasteiger partial charge in [0, 0.05) is 23.7 Å². The Balaban J connectivity index is 1.91. The molecule has 2 nitrogen and oxygen atoms in total. The van der Waals surface area contributed by atoms with Gasteiger partial charge in [-0.25, -0.2) is 8.78 Å². The lowest BCUT2D eigenvalue weighted by atomic mass is 9.98. The summed E-state index contributed by atoms with van der Waals surface area (Å²) in [5.41, 5.74) is 1.46. The second-order valence-electron chi connectivity index (χ2n) is 5.63. The molecule has 1 heterocycles. The van der Waals surface area contributed by atoms with E-state index in [1.54, 1.807) is 12.1 Å². The van der Waals surface area contributed by atoms with Crippen molar-refractivity contribution in [3.8, 4) is 0 Å². The molecule has 0 saturated carbocycles. The summed E-state index contributed by atoms with van der Waals surface area (Å²) >= 11 is 0. The van der Waals surface area contributed by atoms with Crippen molar-refractivity contribution >= 4 is 5.78 Å². The van der Waals surface area contributed by atoms with Crippen molar-refractivity contribution in [2.75, 3.05) is 13.1 Å². The molecule has 1 fully saturated rings. The Morgan fingerprint density at radius 1 is 1.00 bits per heavy atom. The van der Waals surface area contributed by atoms with E-state index in [0.717, 1.165) is 36.9 Å². The number of hydrogen-bond acceptors (Lipinski definition) is 2. The van der Waals surface area contributed by atoms with Crippen molar-refractivity contribution in [2.24, 2.45) is 0 Å². The van der Waals surface area contributed by atoms with E-state index < -0.39 is 11.6 Å². The Labute approximate surface area is 128 Å². The molecule has 0 amide bonds. The number of benzene rings is 2. The van der Waals surface area contributed by atoms with Crippen LogP contribution in [-0.2, 0) is 6.54 Å². The Kier molecular flexibility index (Phi) is 4.29. The zero-order chi connectivity index (χ0) is 15.5. The average Bonchev–Trinajstić information content (AvgIpc) is 2.99. The minimum Gasteiger partial charge on any atom is -0.299 e. The van der Waals surface area contributed by atoms with Gasteiger partial charge in [-0.15, -0.1) is 0 Å². The van der Waals surface area contributed by atoms with Crippen molar-refractivity contribution in [1.82, 2.24) is 4.90 Å². The van der Waals surface area contributed by atoms with Crippen molar-refractivity contribution < 1.29 is 13.6 Å². The standard InChI is InChI=1S/C18H17F2NO/c19-15-9-14(10-16(20)11-15)18(22)17-6-2-1-5-13(17)12-21-7-3-4-8-21/h1-2,5-6,9-11H,3-4,7-8,12H2. The highest BCUT2D eigenvalue weighted by molar-refractivity contribution is 6.09. The van der Waals surface area contributed by atoms with Crippen LogP contribution in [0.2, 0.25) is 0 Å². The monoisotopic (exact) mass is 301 g/mol. The smallest absolute Gasteiger partial charge is 0.193 e. The van der Waals surface area contributed by atoms with Crippen LogP contribution < -0.4 is 0 Å². The van der Waals surface area contributed by atoms with Crippen LogP contribution >= 0.6 is 0 Å². The van der Waals surface area contributed by atoms with Crippen LogP contribution in [-0.4, -0.2) is 23.8 Å². The first-order valence-electron chi connectivity index (χ1n) is 7.44. The number of likely N-dealkylation sites (tertiary alicyclic amines) is 1. The zero-order valence-electron chi connectivity index (χ0n) is 12.2. The third-order valence-corrected chi connectivity index (χ3v) is 3.98. The summed E-state index contributed by atoms with van der Waals surface area (Å²) in [5, 5.41) is 0. The molecular formula is C18H17F2NO. The number of carbonyl (C=O) groups excluding carboxylic acids is 1. The summed E-state index contributed by atoms with van der Waals surface area (Å²) in [7, 11) is 0. The van der Waals surface area contributed by atoms with Gasteiger partial charge < -0.3 is 0 Å². The molecule has 0 atom stereocenters. The Morgan fingerprint density at radius 2 is 1.64 bits per heavy atom. The fourth-order valence-corrected chi connectivity index (χ4v) is 2.90. The van der Waals surface area contributed by atoms with Crippen molar-refractivity contribution in [1.29, 1.82) is 0 Å². The lowest BCUT2D eigenvalue weighted by molar-refractivity contribution is 0.103. The van der Waals surface area contributed by atoms with Crippen molar-refractivity contribution in [3.63, 3.8) is 0 Å². The quantitative estimate of drug-likeness (QED) is 0.801. The lowest BCUT2D eigenvalue weighted by Gasteiger charge is -2.17. The van der Waals surface area contributed by atoms with E-state index in [4.69, 9.17) is 0 Å². The molecule has 0 aliphatic carbocycles. The van der Waals surface area contributed by atoms with E-state index in [-0.39, 0.29) is 11.3 Å². The molecular weight excluding hydrogens is 284 g/mol. The molecule has 2 aromatic carbocycles. The van der Waals surface area contributed by atoms with Gasteiger partial charge in [-0.1, -0.05) is 24.3 Å².